The molecule has 1 aliphatic heterocycles. The Morgan fingerprint density at radius 3 is 2.34 bits per heavy atom. The molecule has 0 aliphatic carbocycles. The molecule has 1 amide bonds. The van der Waals surface area contributed by atoms with Crippen LogP contribution in [0.15, 0.2) is 53.5 Å². The van der Waals surface area contributed by atoms with Crippen LogP contribution in [0.25, 0.3) is 5.76 Å². The van der Waals surface area contributed by atoms with Crippen molar-refractivity contribution in [2.45, 2.75) is 38.4 Å². The van der Waals surface area contributed by atoms with Crippen LogP contribution < -0.4 is 10.2 Å². The maximum atomic E-state index is 13.9. The van der Waals surface area contributed by atoms with E-state index in [4.69, 9.17) is 0 Å². The first-order valence-electron chi connectivity index (χ1n) is 11.2. The Bertz CT molecular complexity index is 1380. The molecule has 0 unspecified atom stereocenters. The molecule has 0 radical (unpaired) electrons. The second kappa shape index (κ2) is 10.0. The number of amides is 1. The van der Waals surface area contributed by atoms with Crippen LogP contribution in [0.1, 0.15) is 51.3 Å². The Morgan fingerprint density at radius 1 is 1.11 bits per heavy atom. The number of fused-ring (bicyclic) bond motifs is 1. The molecule has 4 rings (SSSR count). The molecule has 2 heterocycles. The number of halogens is 7. The van der Waals surface area contributed by atoms with Crippen LogP contribution in [0, 0.1) is 0 Å². The fourth-order valence-electron chi connectivity index (χ4n) is 4.26. The van der Waals surface area contributed by atoms with Crippen molar-refractivity contribution < 1.29 is 36.2 Å². The van der Waals surface area contributed by atoms with Gasteiger partial charge < -0.3 is 15.3 Å². The minimum atomic E-state index is -4.94. The first kappa shape index (κ1) is 27.6. The zero-order valence-corrected chi connectivity index (χ0v) is 21.4. The van der Waals surface area contributed by atoms with Gasteiger partial charge in [-0.3, -0.25) is 4.79 Å². The number of alkyl halides is 6. The second-order valence-electron chi connectivity index (χ2n) is 8.80. The van der Waals surface area contributed by atoms with E-state index in [2.05, 4.69) is 32.9 Å². The molecule has 6 nitrogen and oxygen atoms in total. The zero-order chi connectivity index (χ0) is 28.0. The van der Waals surface area contributed by atoms with Crippen molar-refractivity contribution in [2.24, 2.45) is 0 Å². The minimum Gasteiger partial charge on any atom is -0.508 e. The first-order valence-corrected chi connectivity index (χ1v) is 12.0. The Balaban J connectivity index is 1.67. The second-order valence-corrected chi connectivity index (χ2v) is 9.72. The summed E-state index contributed by atoms with van der Waals surface area (Å²) in [7, 11) is 0. The number of aliphatic hydroxyl groups excluding tert-OH is 1. The van der Waals surface area contributed by atoms with Gasteiger partial charge in [0.25, 0.3) is 5.91 Å². The SMILES string of the molecule is C=C(O)c1ccc([C@H](C)NC(=O)c2c(C(F)(F)F)nn3c2N(Cc2cc(Br)cc(C(F)(F)F)c2)CC3)cc1. The molecule has 0 saturated carbocycles. The van der Waals surface area contributed by atoms with E-state index in [1.165, 1.54) is 11.0 Å². The summed E-state index contributed by atoms with van der Waals surface area (Å²) in [4.78, 5) is 14.6. The van der Waals surface area contributed by atoms with Gasteiger partial charge in [0, 0.05) is 23.1 Å². The van der Waals surface area contributed by atoms with Crippen LogP contribution >= 0.6 is 15.9 Å². The topological polar surface area (TPSA) is 70.4 Å². The molecule has 1 atom stereocenters. The number of rotatable bonds is 6. The Morgan fingerprint density at radius 2 is 1.76 bits per heavy atom. The molecule has 0 saturated heterocycles. The number of hydrogen-bond donors (Lipinski definition) is 2. The minimum absolute atomic E-state index is 0.0217. The first-order chi connectivity index (χ1) is 17.6. The van der Waals surface area contributed by atoms with E-state index >= 15 is 0 Å². The summed E-state index contributed by atoms with van der Waals surface area (Å²) in [6.45, 7) is 4.99. The average molecular weight is 603 g/mol. The summed E-state index contributed by atoms with van der Waals surface area (Å²) >= 11 is 3.05. The summed E-state index contributed by atoms with van der Waals surface area (Å²) < 4.78 is 82.8. The van der Waals surface area contributed by atoms with Crippen molar-refractivity contribution in [3.63, 3.8) is 0 Å². The third kappa shape index (κ3) is 5.66. The highest BCUT2D eigenvalue weighted by Gasteiger charge is 2.44. The molecule has 202 valence electrons. The van der Waals surface area contributed by atoms with Gasteiger partial charge in [-0.05, 0) is 36.2 Å². The van der Waals surface area contributed by atoms with Gasteiger partial charge in [-0.25, -0.2) is 4.68 Å². The summed E-state index contributed by atoms with van der Waals surface area (Å²) in [5.74, 6) is -1.31. The molecule has 0 bridgehead atoms. The van der Waals surface area contributed by atoms with Crippen LogP contribution in [-0.4, -0.2) is 27.3 Å². The lowest BCUT2D eigenvalue weighted by Crippen LogP contribution is -2.31. The monoisotopic (exact) mass is 602 g/mol. The molecule has 38 heavy (non-hydrogen) atoms. The van der Waals surface area contributed by atoms with Crippen molar-refractivity contribution in [2.75, 3.05) is 11.4 Å². The van der Waals surface area contributed by atoms with Crippen LogP contribution in [0.4, 0.5) is 32.2 Å². The van der Waals surface area contributed by atoms with Crippen molar-refractivity contribution in [1.29, 1.82) is 0 Å². The molecular weight excluding hydrogens is 582 g/mol. The maximum Gasteiger partial charge on any atom is 0.436 e. The summed E-state index contributed by atoms with van der Waals surface area (Å²) in [6.07, 6.45) is -9.56. The number of carbonyl (C=O) groups excluding carboxylic acids is 1. The van der Waals surface area contributed by atoms with E-state index < -0.39 is 41.1 Å². The molecule has 2 aromatic carbocycles. The van der Waals surface area contributed by atoms with E-state index in [-0.39, 0.29) is 41.2 Å². The highest BCUT2D eigenvalue weighted by atomic mass is 79.9. The fraction of sp³-hybridized carbons (Fsp3) is 0.280. The molecular formula is C25H21BrF6N4O2. The lowest BCUT2D eigenvalue weighted by Gasteiger charge is -2.21. The zero-order valence-electron chi connectivity index (χ0n) is 19.8. The molecule has 0 fully saturated rings. The smallest absolute Gasteiger partial charge is 0.436 e. The van der Waals surface area contributed by atoms with Gasteiger partial charge >= 0.3 is 12.4 Å². The summed E-state index contributed by atoms with van der Waals surface area (Å²) in [5, 5.41) is 15.7. The predicted octanol–water partition coefficient (Wildman–Crippen LogP) is 6.72. The molecule has 3 aromatic rings. The lowest BCUT2D eigenvalue weighted by molar-refractivity contribution is -0.142. The quantitative estimate of drug-likeness (QED) is 0.243. The van der Waals surface area contributed by atoms with E-state index in [0.717, 1.165) is 16.8 Å². The average Bonchev–Trinajstić information content (AvgIpc) is 3.38. The number of nitrogens with one attached hydrogen (secondary N) is 1. The molecule has 13 heteroatoms. The number of hydrogen-bond acceptors (Lipinski definition) is 4. The van der Waals surface area contributed by atoms with Crippen LogP contribution in [0.5, 0.6) is 0 Å². The van der Waals surface area contributed by atoms with Gasteiger partial charge in [-0.2, -0.15) is 31.4 Å². The summed E-state index contributed by atoms with van der Waals surface area (Å²) in [6, 6.07) is 8.82. The number of carbonyl (C=O) groups is 1. The number of benzene rings is 2. The van der Waals surface area contributed by atoms with Crippen molar-refractivity contribution in [1.82, 2.24) is 15.1 Å². The van der Waals surface area contributed by atoms with Gasteiger partial charge in [0.2, 0.25) is 0 Å². The van der Waals surface area contributed by atoms with Gasteiger partial charge in [0.1, 0.15) is 17.1 Å². The van der Waals surface area contributed by atoms with Crippen LogP contribution in [0.2, 0.25) is 0 Å². The van der Waals surface area contributed by atoms with Gasteiger partial charge in [0.05, 0.1) is 18.2 Å². The molecule has 2 N–H and O–H groups in total. The lowest BCUT2D eigenvalue weighted by atomic mass is 10.0. The molecule has 0 spiro atoms. The van der Waals surface area contributed by atoms with Gasteiger partial charge in [-0.15, -0.1) is 0 Å². The number of anilines is 1. The molecule has 1 aromatic heterocycles. The largest absolute Gasteiger partial charge is 0.508 e. The van der Waals surface area contributed by atoms with Crippen LogP contribution in [-0.2, 0) is 25.4 Å². The van der Waals surface area contributed by atoms with Crippen molar-refractivity contribution in [3.8, 4) is 0 Å². The standard InChI is InChI=1S/C25H21BrF6N4O2/c1-13(16-3-5-17(6-4-16)14(2)37)33-22(38)20-21(25(30,31)32)34-36-8-7-35(23(20)36)12-15-9-18(24(27,28)29)11-19(26)10-15/h3-6,9-11,13,37H,2,7-8,12H2,1H3,(H,33,38)/t13-/m0/s1. The van der Waals surface area contributed by atoms with Crippen LogP contribution in [0.3, 0.4) is 0 Å². The van der Waals surface area contributed by atoms with E-state index in [1.54, 1.807) is 31.2 Å². The number of aliphatic hydroxyl groups is 1. The van der Waals surface area contributed by atoms with Crippen molar-refractivity contribution in [3.05, 3.63) is 87.0 Å². The number of aromatic nitrogens is 2. The van der Waals surface area contributed by atoms with Gasteiger partial charge in [-0.1, -0.05) is 46.8 Å². The highest BCUT2D eigenvalue weighted by molar-refractivity contribution is 9.10. The van der Waals surface area contributed by atoms with E-state index in [1.807, 2.05) is 0 Å². The normalized spacial score (nSPS) is 14.4. The fourth-order valence-corrected chi connectivity index (χ4v) is 4.80. The Hall–Kier alpha value is -3.48. The predicted molar refractivity (Wildman–Crippen MR) is 131 cm³/mol. The third-order valence-electron chi connectivity index (χ3n) is 6.05. The Kier molecular flexibility index (Phi) is 7.26. The maximum absolute atomic E-state index is 13.9. The van der Waals surface area contributed by atoms with E-state index in [9.17, 15) is 36.2 Å². The highest BCUT2D eigenvalue weighted by Crippen LogP contribution is 2.39. The summed E-state index contributed by atoms with van der Waals surface area (Å²) in [5.41, 5.74) is -1.79. The Labute approximate surface area is 221 Å². The van der Waals surface area contributed by atoms with Crippen molar-refractivity contribution >= 4 is 33.4 Å². The molecule has 1 aliphatic rings. The number of nitrogens with zero attached hydrogens (tertiary/aromatic N) is 3. The third-order valence-corrected chi connectivity index (χ3v) is 6.51. The van der Waals surface area contributed by atoms with Gasteiger partial charge in [0.15, 0.2) is 5.69 Å². The van der Waals surface area contributed by atoms with E-state index in [0.29, 0.717) is 11.1 Å².